The molecule has 84 valence electrons. The van der Waals surface area contributed by atoms with Crippen molar-refractivity contribution in [1.29, 1.82) is 0 Å². The van der Waals surface area contributed by atoms with Crippen molar-refractivity contribution in [2.45, 2.75) is 19.9 Å². The second-order valence-electron chi connectivity index (χ2n) is 3.15. The average molecular weight is 222 g/mol. The summed E-state index contributed by atoms with van der Waals surface area (Å²) in [4.78, 5) is 0. The molecule has 0 radical (unpaired) electrons. The van der Waals surface area contributed by atoms with Gasteiger partial charge in [0.15, 0.2) is 0 Å². The van der Waals surface area contributed by atoms with Crippen molar-refractivity contribution in [3.05, 3.63) is 12.7 Å². The fourth-order valence-corrected chi connectivity index (χ4v) is 2.31. The molecule has 0 amide bonds. The molecule has 6 heteroatoms. The maximum Gasteiger partial charge on any atom is 0.280 e. The second kappa shape index (κ2) is 6.13. The number of aliphatic hydroxyl groups is 1. The van der Waals surface area contributed by atoms with Crippen molar-refractivity contribution in [2.75, 3.05) is 19.7 Å². The lowest BCUT2D eigenvalue weighted by Crippen LogP contribution is -2.44. The highest BCUT2D eigenvalue weighted by molar-refractivity contribution is 7.87. The van der Waals surface area contributed by atoms with Gasteiger partial charge in [-0.05, 0) is 13.8 Å². The van der Waals surface area contributed by atoms with Crippen LogP contribution in [-0.2, 0) is 10.2 Å². The molecule has 0 saturated carbocycles. The maximum atomic E-state index is 11.6. The molecule has 0 saturated heterocycles. The number of aliphatic hydroxyl groups excluding tert-OH is 1. The molecule has 0 aliphatic heterocycles. The van der Waals surface area contributed by atoms with Crippen molar-refractivity contribution >= 4 is 10.2 Å². The van der Waals surface area contributed by atoms with Crippen molar-refractivity contribution in [3.63, 3.8) is 0 Å². The summed E-state index contributed by atoms with van der Waals surface area (Å²) in [7, 11) is -3.49. The predicted octanol–water partition coefficient (Wildman–Crippen LogP) is -0.290. The zero-order chi connectivity index (χ0) is 11.2. The summed E-state index contributed by atoms with van der Waals surface area (Å²) < 4.78 is 26.7. The molecule has 0 fully saturated rings. The van der Waals surface area contributed by atoms with E-state index in [1.807, 2.05) is 0 Å². The topological polar surface area (TPSA) is 69.6 Å². The number of rotatable bonds is 7. The number of hydrogen-bond donors (Lipinski definition) is 2. The molecule has 0 aromatic carbocycles. The highest BCUT2D eigenvalue weighted by Gasteiger charge is 2.20. The molecule has 5 nitrogen and oxygen atoms in total. The van der Waals surface area contributed by atoms with Crippen molar-refractivity contribution in [1.82, 2.24) is 9.03 Å². The third kappa shape index (κ3) is 4.71. The normalized spacial score (nSPS) is 12.4. The van der Waals surface area contributed by atoms with Gasteiger partial charge in [-0.2, -0.15) is 17.4 Å². The molecule has 0 heterocycles. The molecule has 0 aromatic rings. The van der Waals surface area contributed by atoms with Gasteiger partial charge in [-0.25, -0.2) is 0 Å². The van der Waals surface area contributed by atoms with E-state index < -0.39 is 10.2 Å². The van der Waals surface area contributed by atoms with Crippen LogP contribution in [0.5, 0.6) is 0 Å². The first-order valence-electron chi connectivity index (χ1n) is 4.43. The van der Waals surface area contributed by atoms with E-state index in [1.165, 1.54) is 6.08 Å². The fourth-order valence-electron chi connectivity index (χ4n) is 0.938. The van der Waals surface area contributed by atoms with Gasteiger partial charge < -0.3 is 5.11 Å². The lowest BCUT2D eigenvalue weighted by atomic mass is 10.4. The lowest BCUT2D eigenvalue weighted by molar-refractivity contribution is 0.258. The zero-order valence-electron chi connectivity index (χ0n) is 8.60. The molecule has 0 atom stereocenters. The Bertz CT molecular complexity index is 262. The molecule has 2 N–H and O–H groups in total. The Morgan fingerprint density at radius 2 is 2.14 bits per heavy atom. The SMILES string of the molecule is C=CCN(CCO)S(=O)(=O)NC(C)C. The van der Waals surface area contributed by atoms with E-state index in [4.69, 9.17) is 5.11 Å². The summed E-state index contributed by atoms with van der Waals surface area (Å²) in [6.07, 6.45) is 1.48. The van der Waals surface area contributed by atoms with Gasteiger partial charge in [-0.3, -0.25) is 0 Å². The Labute approximate surface area is 85.6 Å². The van der Waals surface area contributed by atoms with E-state index >= 15 is 0 Å². The molecule has 0 aliphatic rings. The van der Waals surface area contributed by atoms with Crippen LogP contribution in [0.1, 0.15) is 13.8 Å². The van der Waals surface area contributed by atoms with E-state index in [0.29, 0.717) is 0 Å². The van der Waals surface area contributed by atoms with E-state index in [2.05, 4.69) is 11.3 Å². The third-order valence-electron chi connectivity index (χ3n) is 1.41. The van der Waals surface area contributed by atoms with Crippen LogP contribution in [0.3, 0.4) is 0 Å². The Kier molecular flexibility index (Phi) is 5.94. The van der Waals surface area contributed by atoms with Crippen LogP contribution in [0.4, 0.5) is 0 Å². The Hall–Kier alpha value is -0.430. The first kappa shape index (κ1) is 13.6. The van der Waals surface area contributed by atoms with Crippen LogP contribution < -0.4 is 4.72 Å². The van der Waals surface area contributed by atoms with E-state index in [0.717, 1.165) is 4.31 Å². The van der Waals surface area contributed by atoms with Crippen LogP contribution in [0.2, 0.25) is 0 Å². The lowest BCUT2D eigenvalue weighted by Gasteiger charge is -2.21. The highest BCUT2D eigenvalue weighted by Crippen LogP contribution is 1.98. The summed E-state index contributed by atoms with van der Waals surface area (Å²) in [6, 6.07) is -0.161. The van der Waals surface area contributed by atoms with E-state index in [-0.39, 0.29) is 25.7 Å². The smallest absolute Gasteiger partial charge is 0.280 e. The van der Waals surface area contributed by atoms with Crippen LogP contribution in [0.25, 0.3) is 0 Å². The Balaban J connectivity index is 4.53. The minimum absolute atomic E-state index is 0.0775. The van der Waals surface area contributed by atoms with E-state index in [1.54, 1.807) is 13.8 Å². The van der Waals surface area contributed by atoms with Gasteiger partial charge >= 0.3 is 0 Å². The van der Waals surface area contributed by atoms with Crippen LogP contribution >= 0.6 is 0 Å². The average Bonchev–Trinajstić information content (AvgIpc) is 2.01. The first-order valence-corrected chi connectivity index (χ1v) is 5.87. The monoisotopic (exact) mass is 222 g/mol. The maximum absolute atomic E-state index is 11.6. The quantitative estimate of drug-likeness (QED) is 0.582. The summed E-state index contributed by atoms with van der Waals surface area (Å²) in [5.41, 5.74) is 0. The minimum Gasteiger partial charge on any atom is -0.395 e. The highest BCUT2D eigenvalue weighted by atomic mass is 32.2. The molecule has 0 unspecified atom stereocenters. The standard InChI is InChI=1S/C8H18N2O3S/c1-4-5-10(6-7-11)14(12,13)9-8(2)3/h4,8-9,11H,1,5-7H2,2-3H3. The molecule has 0 bridgehead atoms. The molecule has 0 spiro atoms. The minimum atomic E-state index is -3.49. The number of nitrogens with one attached hydrogen (secondary N) is 1. The van der Waals surface area contributed by atoms with Crippen molar-refractivity contribution in [2.24, 2.45) is 0 Å². The van der Waals surface area contributed by atoms with Gasteiger partial charge in [0.1, 0.15) is 0 Å². The largest absolute Gasteiger partial charge is 0.395 e. The summed E-state index contributed by atoms with van der Waals surface area (Å²) in [5, 5.41) is 8.69. The van der Waals surface area contributed by atoms with Gasteiger partial charge in [0, 0.05) is 19.1 Å². The van der Waals surface area contributed by atoms with Crippen molar-refractivity contribution < 1.29 is 13.5 Å². The Morgan fingerprint density at radius 1 is 1.57 bits per heavy atom. The van der Waals surface area contributed by atoms with Crippen LogP contribution in [-0.4, -0.2) is 43.6 Å². The third-order valence-corrected chi connectivity index (χ3v) is 3.19. The van der Waals surface area contributed by atoms with Gasteiger partial charge in [-0.15, -0.1) is 6.58 Å². The molecular formula is C8H18N2O3S. The van der Waals surface area contributed by atoms with Gasteiger partial charge in [-0.1, -0.05) is 6.08 Å². The molecule has 0 aromatic heterocycles. The first-order chi connectivity index (χ1) is 6.44. The summed E-state index contributed by atoms with van der Waals surface area (Å²) >= 11 is 0. The zero-order valence-corrected chi connectivity index (χ0v) is 9.42. The number of nitrogens with zero attached hydrogens (tertiary/aromatic N) is 1. The second-order valence-corrected chi connectivity index (χ2v) is 4.85. The van der Waals surface area contributed by atoms with Crippen LogP contribution in [0, 0.1) is 0 Å². The molecule has 0 rings (SSSR count). The Morgan fingerprint density at radius 3 is 2.50 bits per heavy atom. The fraction of sp³-hybridized carbons (Fsp3) is 0.750. The van der Waals surface area contributed by atoms with Crippen LogP contribution in [0.15, 0.2) is 12.7 Å². The molecule has 14 heavy (non-hydrogen) atoms. The summed E-state index contributed by atoms with van der Waals surface area (Å²) in [6.45, 7) is 7.01. The molecular weight excluding hydrogens is 204 g/mol. The van der Waals surface area contributed by atoms with E-state index in [9.17, 15) is 8.42 Å². The van der Waals surface area contributed by atoms with Gasteiger partial charge in [0.05, 0.1) is 6.61 Å². The summed E-state index contributed by atoms with van der Waals surface area (Å²) in [5.74, 6) is 0. The number of hydrogen-bond acceptors (Lipinski definition) is 3. The predicted molar refractivity (Wildman–Crippen MR) is 56.0 cm³/mol. The van der Waals surface area contributed by atoms with Gasteiger partial charge in [0.2, 0.25) is 0 Å². The molecule has 0 aliphatic carbocycles. The van der Waals surface area contributed by atoms with Crippen molar-refractivity contribution in [3.8, 4) is 0 Å². The van der Waals surface area contributed by atoms with Gasteiger partial charge in [0.25, 0.3) is 10.2 Å².